The van der Waals surface area contributed by atoms with Crippen LogP contribution in [0.15, 0.2) is 6.20 Å². The smallest absolute Gasteiger partial charge is 0.411 e. The van der Waals surface area contributed by atoms with E-state index < -0.39 is 24.7 Å². The number of hydrogen-bond donors (Lipinski definition) is 2. The van der Waals surface area contributed by atoms with Gasteiger partial charge in [0.25, 0.3) is 0 Å². The Hall–Kier alpha value is -2.17. The van der Waals surface area contributed by atoms with Gasteiger partial charge in [-0.1, -0.05) is 5.21 Å². The van der Waals surface area contributed by atoms with Crippen LogP contribution in [0.5, 0.6) is 0 Å². The number of carboxylic acids is 1. The summed E-state index contributed by atoms with van der Waals surface area (Å²) >= 11 is 0. The van der Waals surface area contributed by atoms with Crippen LogP contribution in [0.4, 0.5) is 13.2 Å². The normalized spacial score (nSPS) is 11.4. The van der Waals surface area contributed by atoms with Crippen LogP contribution >= 0.6 is 0 Å². The topological polar surface area (TPSA) is 106 Å². The maximum Gasteiger partial charge on any atom is 0.411 e. The second-order valence-corrected chi connectivity index (χ2v) is 4.00. The van der Waals surface area contributed by atoms with Gasteiger partial charge >= 0.3 is 12.1 Å². The van der Waals surface area contributed by atoms with Crippen molar-refractivity contribution in [1.82, 2.24) is 20.3 Å². The lowest BCUT2D eigenvalue weighted by atomic mass is 10.4. The number of rotatable bonds is 8. The van der Waals surface area contributed by atoms with E-state index in [0.717, 1.165) is 4.68 Å². The summed E-state index contributed by atoms with van der Waals surface area (Å²) in [6.45, 7) is -2.11. The van der Waals surface area contributed by atoms with Gasteiger partial charge in [-0.25, -0.2) is 4.68 Å². The minimum atomic E-state index is -4.42. The summed E-state index contributed by atoms with van der Waals surface area (Å²) in [4.78, 5) is 21.7. The van der Waals surface area contributed by atoms with E-state index in [1.165, 1.54) is 6.20 Å². The average Bonchev–Trinajstić information content (AvgIpc) is 2.78. The number of aliphatic carboxylic acids is 1. The van der Waals surface area contributed by atoms with Crippen molar-refractivity contribution in [1.29, 1.82) is 0 Å². The maximum atomic E-state index is 11.8. The Morgan fingerprint density at radius 1 is 1.43 bits per heavy atom. The second kappa shape index (κ2) is 7.57. The van der Waals surface area contributed by atoms with E-state index in [0.29, 0.717) is 5.69 Å². The number of amides is 1. The number of nitrogens with one attached hydrogen (secondary N) is 1. The van der Waals surface area contributed by atoms with Gasteiger partial charge in [0.05, 0.1) is 19.3 Å². The quantitative estimate of drug-likeness (QED) is 0.652. The van der Waals surface area contributed by atoms with E-state index in [1.54, 1.807) is 0 Å². The van der Waals surface area contributed by atoms with Crippen LogP contribution in [0.1, 0.15) is 12.1 Å². The van der Waals surface area contributed by atoms with E-state index in [1.807, 2.05) is 0 Å². The summed E-state index contributed by atoms with van der Waals surface area (Å²) < 4.78 is 40.6. The SMILES string of the molecule is O=C(O)Cn1cc(CNC(=O)CCOCC(F)(F)F)nn1. The fourth-order valence-corrected chi connectivity index (χ4v) is 1.27. The number of hydrogen-bond acceptors (Lipinski definition) is 5. The third kappa shape index (κ3) is 7.87. The second-order valence-electron chi connectivity index (χ2n) is 4.00. The fourth-order valence-electron chi connectivity index (χ4n) is 1.27. The molecule has 11 heteroatoms. The molecule has 0 radical (unpaired) electrons. The third-order valence-electron chi connectivity index (χ3n) is 2.09. The summed E-state index contributed by atoms with van der Waals surface area (Å²) in [7, 11) is 0. The Kier molecular flexibility index (Phi) is 6.09. The summed E-state index contributed by atoms with van der Waals surface area (Å²) in [5.41, 5.74) is 0.334. The average molecular weight is 310 g/mol. The highest BCUT2D eigenvalue weighted by atomic mass is 19.4. The number of carbonyl (C=O) groups excluding carboxylic acids is 1. The van der Waals surface area contributed by atoms with E-state index in [2.05, 4.69) is 20.4 Å². The molecule has 118 valence electrons. The molecule has 1 heterocycles. The van der Waals surface area contributed by atoms with Crippen molar-refractivity contribution in [2.75, 3.05) is 13.2 Å². The number of carboxylic acid groups (broad SMARTS) is 1. The molecule has 0 aliphatic carbocycles. The largest absolute Gasteiger partial charge is 0.480 e. The molecule has 0 saturated carbocycles. The molecule has 1 amide bonds. The van der Waals surface area contributed by atoms with Gasteiger partial charge in [-0.15, -0.1) is 5.10 Å². The van der Waals surface area contributed by atoms with Gasteiger partial charge in [0.15, 0.2) is 0 Å². The monoisotopic (exact) mass is 310 g/mol. The van der Waals surface area contributed by atoms with E-state index >= 15 is 0 Å². The highest BCUT2D eigenvalue weighted by Crippen LogP contribution is 2.14. The van der Waals surface area contributed by atoms with Crippen LogP contribution in [-0.2, 0) is 27.4 Å². The van der Waals surface area contributed by atoms with Crippen LogP contribution in [0.2, 0.25) is 0 Å². The molecule has 1 aromatic heterocycles. The molecule has 0 aliphatic rings. The molecule has 0 saturated heterocycles. The van der Waals surface area contributed by atoms with Crippen molar-refractivity contribution in [3.8, 4) is 0 Å². The van der Waals surface area contributed by atoms with Gasteiger partial charge in [-0.3, -0.25) is 9.59 Å². The molecule has 1 rings (SSSR count). The van der Waals surface area contributed by atoms with Crippen LogP contribution in [0, 0.1) is 0 Å². The summed E-state index contributed by atoms with van der Waals surface area (Å²) in [5.74, 6) is -1.60. The minimum absolute atomic E-state index is 0.00226. The first-order valence-corrected chi connectivity index (χ1v) is 5.78. The molecule has 0 aromatic carbocycles. The molecule has 21 heavy (non-hydrogen) atoms. The van der Waals surface area contributed by atoms with Gasteiger partial charge in [-0.2, -0.15) is 13.2 Å². The molecule has 0 unspecified atom stereocenters. The molecule has 8 nitrogen and oxygen atoms in total. The van der Waals surface area contributed by atoms with Gasteiger partial charge in [0.2, 0.25) is 5.91 Å². The van der Waals surface area contributed by atoms with Crippen molar-refractivity contribution in [3.63, 3.8) is 0 Å². The Labute approximate surface area is 116 Å². The molecule has 0 spiro atoms. The highest BCUT2D eigenvalue weighted by molar-refractivity contribution is 5.75. The van der Waals surface area contributed by atoms with Crippen LogP contribution in [-0.4, -0.2) is 51.4 Å². The minimum Gasteiger partial charge on any atom is -0.480 e. The van der Waals surface area contributed by atoms with Crippen LogP contribution in [0.3, 0.4) is 0 Å². The summed E-state index contributed by atoms with van der Waals surface area (Å²) in [6, 6.07) is 0. The Bertz CT molecular complexity index is 489. The zero-order valence-electron chi connectivity index (χ0n) is 10.8. The number of aromatic nitrogens is 3. The Morgan fingerprint density at radius 3 is 2.76 bits per heavy atom. The predicted octanol–water partition coefficient (Wildman–Crippen LogP) is -0.0521. The number of halogens is 3. The Morgan fingerprint density at radius 2 is 2.14 bits per heavy atom. The molecule has 0 fully saturated rings. The number of ether oxygens (including phenoxy) is 1. The van der Waals surface area contributed by atoms with Crippen molar-refractivity contribution in [2.24, 2.45) is 0 Å². The molecular weight excluding hydrogens is 297 g/mol. The first kappa shape index (κ1) is 16.9. The van der Waals surface area contributed by atoms with E-state index in [4.69, 9.17) is 5.11 Å². The maximum absolute atomic E-state index is 11.8. The number of alkyl halides is 3. The Balaban J connectivity index is 2.21. The van der Waals surface area contributed by atoms with Gasteiger partial charge < -0.3 is 15.2 Å². The standard InChI is InChI=1S/C10H13F3N4O4/c11-10(12,13)6-21-2-1-8(18)14-3-7-4-17(16-15-7)5-9(19)20/h4H,1-3,5-6H2,(H,14,18)(H,19,20). The highest BCUT2D eigenvalue weighted by Gasteiger charge is 2.27. The summed E-state index contributed by atoms with van der Waals surface area (Å²) in [6.07, 6.45) is -3.30. The van der Waals surface area contributed by atoms with Crippen molar-refractivity contribution in [2.45, 2.75) is 25.7 Å². The van der Waals surface area contributed by atoms with Gasteiger partial charge in [0, 0.05) is 6.42 Å². The van der Waals surface area contributed by atoms with Crippen LogP contribution < -0.4 is 5.32 Å². The van der Waals surface area contributed by atoms with E-state index in [9.17, 15) is 22.8 Å². The number of carbonyl (C=O) groups is 2. The fraction of sp³-hybridized carbons (Fsp3) is 0.600. The van der Waals surface area contributed by atoms with Crippen molar-refractivity contribution >= 4 is 11.9 Å². The number of nitrogens with zero attached hydrogens (tertiary/aromatic N) is 3. The molecule has 1 aromatic rings. The first-order valence-electron chi connectivity index (χ1n) is 5.78. The first-order chi connectivity index (χ1) is 9.76. The van der Waals surface area contributed by atoms with E-state index in [-0.39, 0.29) is 26.1 Å². The molecule has 0 bridgehead atoms. The summed E-state index contributed by atoms with van der Waals surface area (Å²) in [5, 5.41) is 18.1. The lowest BCUT2D eigenvalue weighted by Crippen LogP contribution is -2.25. The predicted molar refractivity (Wildman–Crippen MR) is 61.0 cm³/mol. The van der Waals surface area contributed by atoms with Gasteiger partial charge in [-0.05, 0) is 0 Å². The lowest BCUT2D eigenvalue weighted by molar-refractivity contribution is -0.174. The van der Waals surface area contributed by atoms with Crippen molar-refractivity contribution in [3.05, 3.63) is 11.9 Å². The molecule has 0 atom stereocenters. The molecular formula is C10H13F3N4O4. The third-order valence-corrected chi connectivity index (χ3v) is 2.09. The zero-order chi connectivity index (χ0) is 15.9. The molecule has 0 aliphatic heterocycles. The van der Waals surface area contributed by atoms with Crippen molar-refractivity contribution < 1.29 is 32.6 Å². The molecule has 2 N–H and O–H groups in total. The lowest BCUT2D eigenvalue weighted by Gasteiger charge is -2.07. The van der Waals surface area contributed by atoms with Gasteiger partial charge in [0.1, 0.15) is 18.8 Å². The van der Waals surface area contributed by atoms with Crippen LogP contribution in [0.25, 0.3) is 0 Å². The zero-order valence-corrected chi connectivity index (χ0v) is 10.8.